The highest BCUT2D eigenvalue weighted by molar-refractivity contribution is 6.31. The molecule has 1 amide bonds. The summed E-state index contributed by atoms with van der Waals surface area (Å²) in [4.78, 5) is 15.8. The van der Waals surface area contributed by atoms with Crippen LogP contribution in [0, 0.1) is 6.92 Å². The minimum absolute atomic E-state index is 0.160. The van der Waals surface area contributed by atoms with Gasteiger partial charge in [0, 0.05) is 17.3 Å². The van der Waals surface area contributed by atoms with Crippen molar-refractivity contribution in [3.05, 3.63) is 70.5 Å². The quantitative estimate of drug-likeness (QED) is 0.876. The van der Waals surface area contributed by atoms with E-state index in [4.69, 9.17) is 11.6 Å². The highest BCUT2D eigenvalue weighted by Gasteiger charge is 1.98. The molecule has 1 heterocycles. The zero-order valence-electron chi connectivity index (χ0n) is 11.1. The van der Waals surface area contributed by atoms with Crippen LogP contribution in [0.3, 0.4) is 0 Å². The molecule has 0 bridgehead atoms. The standard InChI is InChI=1S/C16H15ClN2O/c1-12-5-6-13(10-15(12)17)7-8-16(20)19-11-14-4-2-3-9-18-14/h2-10H,11H2,1H3,(H,19,20)/b8-7+. The molecule has 0 aliphatic heterocycles. The van der Waals surface area contributed by atoms with E-state index < -0.39 is 0 Å². The lowest BCUT2D eigenvalue weighted by Crippen LogP contribution is -2.20. The SMILES string of the molecule is Cc1ccc(/C=C/C(=O)NCc2ccccn2)cc1Cl. The van der Waals surface area contributed by atoms with Gasteiger partial charge < -0.3 is 5.32 Å². The smallest absolute Gasteiger partial charge is 0.244 e. The predicted octanol–water partition coefficient (Wildman–Crippen LogP) is 3.37. The molecule has 0 saturated heterocycles. The first-order chi connectivity index (χ1) is 9.65. The van der Waals surface area contributed by atoms with Crippen LogP contribution < -0.4 is 5.32 Å². The maximum Gasteiger partial charge on any atom is 0.244 e. The first-order valence-corrected chi connectivity index (χ1v) is 6.65. The van der Waals surface area contributed by atoms with Gasteiger partial charge >= 0.3 is 0 Å². The van der Waals surface area contributed by atoms with E-state index in [1.807, 2.05) is 43.3 Å². The Hall–Kier alpha value is -2.13. The molecule has 0 unspecified atom stereocenters. The molecule has 3 nitrogen and oxygen atoms in total. The molecule has 4 heteroatoms. The van der Waals surface area contributed by atoms with Crippen LogP contribution in [0.1, 0.15) is 16.8 Å². The van der Waals surface area contributed by atoms with Crippen molar-refractivity contribution >= 4 is 23.6 Å². The molecule has 20 heavy (non-hydrogen) atoms. The molecule has 0 atom stereocenters. The van der Waals surface area contributed by atoms with Gasteiger partial charge in [-0.05, 0) is 42.3 Å². The maximum atomic E-state index is 11.7. The van der Waals surface area contributed by atoms with Gasteiger partial charge in [0.15, 0.2) is 0 Å². The lowest BCUT2D eigenvalue weighted by Gasteiger charge is -2.01. The lowest BCUT2D eigenvalue weighted by molar-refractivity contribution is -0.116. The number of halogens is 1. The molecule has 0 aliphatic carbocycles. The molecule has 102 valence electrons. The van der Waals surface area contributed by atoms with Crippen molar-refractivity contribution in [3.8, 4) is 0 Å². The Labute approximate surface area is 123 Å². The van der Waals surface area contributed by atoms with Crippen molar-refractivity contribution in [1.82, 2.24) is 10.3 Å². The van der Waals surface area contributed by atoms with Crippen LogP contribution in [0.5, 0.6) is 0 Å². The Bertz CT molecular complexity index is 624. The lowest BCUT2D eigenvalue weighted by atomic mass is 10.1. The van der Waals surface area contributed by atoms with Crippen molar-refractivity contribution < 1.29 is 4.79 Å². The van der Waals surface area contributed by atoms with Crippen LogP contribution in [0.2, 0.25) is 5.02 Å². The average Bonchev–Trinajstić information content (AvgIpc) is 2.47. The summed E-state index contributed by atoms with van der Waals surface area (Å²) < 4.78 is 0. The van der Waals surface area contributed by atoms with E-state index in [9.17, 15) is 4.79 Å². The Kier molecular flexibility index (Phi) is 4.91. The molecule has 2 aromatic rings. The minimum Gasteiger partial charge on any atom is -0.347 e. The van der Waals surface area contributed by atoms with Crippen LogP contribution in [0.15, 0.2) is 48.7 Å². The Morgan fingerprint density at radius 3 is 2.90 bits per heavy atom. The van der Waals surface area contributed by atoms with Gasteiger partial charge in [-0.3, -0.25) is 9.78 Å². The number of rotatable bonds is 4. The summed E-state index contributed by atoms with van der Waals surface area (Å²) in [5, 5.41) is 3.47. The number of aromatic nitrogens is 1. The van der Waals surface area contributed by atoms with E-state index in [-0.39, 0.29) is 5.91 Å². The van der Waals surface area contributed by atoms with Gasteiger partial charge in [0.2, 0.25) is 5.91 Å². The number of amides is 1. The van der Waals surface area contributed by atoms with Crippen molar-refractivity contribution in [3.63, 3.8) is 0 Å². The second kappa shape index (κ2) is 6.87. The molecule has 1 aromatic heterocycles. The van der Waals surface area contributed by atoms with Crippen molar-refractivity contribution in [2.24, 2.45) is 0 Å². The summed E-state index contributed by atoms with van der Waals surface area (Å²) in [7, 11) is 0. The number of hydrogen-bond acceptors (Lipinski definition) is 2. The molecule has 0 spiro atoms. The third kappa shape index (κ3) is 4.21. The fraction of sp³-hybridized carbons (Fsp3) is 0.125. The zero-order chi connectivity index (χ0) is 14.4. The van der Waals surface area contributed by atoms with Crippen LogP contribution >= 0.6 is 11.6 Å². The van der Waals surface area contributed by atoms with E-state index in [0.717, 1.165) is 16.8 Å². The van der Waals surface area contributed by atoms with Gasteiger partial charge in [0.25, 0.3) is 0 Å². The molecule has 0 fully saturated rings. The Morgan fingerprint density at radius 2 is 2.20 bits per heavy atom. The topological polar surface area (TPSA) is 42.0 Å². The number of nitrogens with zero attached hydrogens (tertiary/aromatic N) is 1. The monoisotopic (exact) mass is 286 g/mol. The molecule has 1 N–H and O–H groups in total. The van der Waals surface area contributed by atoms with Crippen molar-refractivity contribution in [2.75, 3.05) is 0 Å². The van der Waals surface area contributed by atoms with E-state index >= 15 is 0 Å². The third-order valence-corrected chi connectivity index (χ3v) is 3.20. The molecule has 0 radical (unpaired) electrons. The average molecular weight is 287 g/mol. The molecular weight excluding hydrogens is 272 g/mol. The fourth-order valence-electron chi connectivity index (χ4n) is 1.62. The van der Waals surface area contributed by atoms with E-state index in [0.29, 0.717) is 11.6 Å². The Morgan fingerprint density at radius 1 is 1.35 bits per heavy atom. The summed E-state index contributed by atoms with van der Waals surface area (Å²) in [5.74, 6) is -0.160. The molecule has 0 aliphatic rings. The number of aryl methyl sites for hydroxylation is 1. The first kappa shape index (κ1) is 14.3. The highest BCUT2D eigenvalue weighted by Crippen LogP contribution is 2.17. The van der Waals surface area contributed by atoms with Gasteiger partial charge in [-0.15, -0.1) is 0 Å². The van der Waals surface area contributed by atoms with Crippen molar-refractivity contribution in [2.45, 2.75) is 13.5 Å². The number of carbonyl (C=O) groups excluding carboxylic acids is 1. The molecular formula is C16H15ClN2O. The maximum absolute atomic E-state index is 11.7. The second-order valence-corrected chi connectivity index (χ2v) is 4.79. The van der Waals surface area contributed by atoms with Gasteiger partial charge in [0.05, 0.1) is 12.2 Å². The van der Waals surface area contributed by atoms with Crippen LogP contribution in [-0.4, -0.2) is 10.9 Å². The largest absolute Gasteiger partial charge is 0.347 e. The predicted molar refractivity (Wildman–Crippen MR) is 81.3 cm³/mol. The number of nitrogens with one attached hydrogen (secondary N) is 1. The molecule has 1 aromatic carbocycles. The summed E-state index contributed by atoms with van der Waals surface area (Å²) in [5.41, 5.74) is 2.74. The first-order valence-electron chi connectivity index (χ1n) is 6.27. The van der Waals surface area contributed by atoms with E-state index in [1.165, 1.54) is 6.08 Å². The highest BCUT2D eigenvalue weighted by atomic mass is 35.5. The summed E-state index contributed by atoms with van der Waals surface area (Å²) in [6.07, 6.45) is 4.93. The summed E-state index contributed by atoms with van der Waals surface area (Å²) in [6.45, 7) is 2.36. The fourth-order valence-corrected chi connectivity index (χ4v) is 1.81. The van der Waals surface area contributed by atoms with E-state index in [1.54, 1.807) is 12.3 Å². The van der Waals surface area contributed by atoms with Gasteiger partial charge in [0.1, 0.15) is 0 Å². The van der Waals surface area contributed by atoms with Crippen molar-refractivity contribution in [1.29, 1.82) is 0 Å². The summed E-state index contributed by atoms with van der Waals surface area (Å²) >= 11 is 6.03. The van der Waals surface area contributed by atoms with Gasteiger partial charge in [-0.1, -0.05) is 29.8 Å². The normalized spacial score (nSPS) is 10.7. The van der Waals surface area contributed by atoms with Gasteiger partial charge in [-0.2, -0.15) is 0 Å². The zero-order valence-corrected chi connectivity index (χ0v) is 11.9. The number of hydrogen-bond donors (Lipinski definition) is 1. The molecule has 2 rings (SSSR count). The van der Waals surface area contributed by atoms with Crippen LogP contribution in [0.25, 0.3) is 6.08 Å². The van der Waals surface area contributed by atoms with Crippen LogP contribution in [-0.2, 0) is 11.3 Å². The number of carbonyl (C=O) groups is 1. The third-order valence-electron chi connectivity index (χ3n) is 2.79. The molecule has 0 saturated carbocycles. The van der Waals surface area contributed by atoms with E-state index in [2.05, 4.69) is 10.3 Å². The summed E-state index contributed by atoms with van der Waals surface area (Å²) in [6, 6.07) is 11.3. The van der Waals surface area contributed by atoms with Crippen LogP contribution in [0.4, 0.5) is 0 Å². The second-order valence-electron chi connectivity index (χ2n) is 4.38. The number of pyridine rings is 1. The number of benzene rings is 1. The Balaban J connectivity index is 1.90. The van der Waals surface area contributed by atoms with Gasteiger partial charge in [-0.25, -0.2) is 0 Å². The minimum atomic E-state index is -0.160.